The van der Waals surface area contributed by atoms with Crippen LogP contribution in [0.5, 0.6) is 0 Å². The lowest BCUT2D eigenvalue weighted by Gasteiger charge is -2.17. The van der Waals surface area contributed by atoms with Gasteiger partial charge in [-0.2, -0.15) is 11.8 Å². The molecule has 0 unspecified atom stereocenters. The van der Waals surface area contributed by atoms with Gasteiger partial charge in [-0.15, -0.1) is 0 Å². The van der Waals surface area contributed by atoms with E-state index in [9.17, 15) is 13.2 Å². The highest BCUT2D eigenvalue weighted by Gasteiger charge is 2.16. The van der Waals surface area contributed by atoms with E-state index in [1.165, 1.54) is 12.1 Å². The zero-order valence-corrected chi connectivity index (χ0v) is 17.7. The van der Waals surface area contributed by atoms with E-state index in [0.717, 1.165) is 11.3 Å². The predicted molar refractivity (Wildman–Crippen MR) is 113 cm³/mol. The van der Waals surface area contributed by atoms with Gasteiger partial charge in [0, 0.05) is 22.6 Å². The number of carbonyl (C=O) groups is 1. The second kappa shape index (κ2) is 8.80. The summed E-state index contributed by atoms with van der Waals surface area (Å²) in [6.45, 7) is 8.74. The molecule has 0 bridgehead atoms. The molecule has 0 saturated heterocycles. The third-order valence-electron chi connectivity index (χ3n) is 3.72. The summed E-state index contributed by atoms with van der Waals surface area (Å²) in [4.78, 5) is 12.5. The molecule has 0 aromatic heterocycles. The van der Waals surface area contributed by atoms with Crippen LogP contribution < -0.4 is 10.0 Å². The van der Waals surface area contributed by atoms with Gasteiger partial charge in [0.2, 0.25) is 0 Å². The number of anilines is 1. The molecule has 146 valence electrons. The lowest BCUT2D eigenvalue weighted by atomic mass is 10.1. The van der Waals surface area contributed by atoms with Crippen molar-refractivity contribution < 1.29 is 13.2 Å². The number of benzene rings is 2. The molecule has 0 radical (unpaired) electrons. The van der Waals surface area contributed by atoms with E-state index in [2.05, 4.69) is 30.8 Å². The fourth-order valence-electron chi connectivity index (χ4n) is 2.30. The van der Waals surface area contributed by atoms with E-state index in [4.69, 9.17) is 0 Å². The summed E-state index contributed by atoms with van der Waals surface area (Å²) >= 11 is 1.78. The van der Waals surface area contributed by atoms with E-state index >= 15 is 0 Å². The summed E-state index contributed by atoms with van der Waals surface area (Å²) in [5.74, 6) is 0.596. The highest BCUT2D eigenvalue weighted by atomic mass is 32.2. The maximum atomic E-state index is 12.5. The van der Waals surface area contributed by atoms with Crippen molar-refractivity contribution in [1.82, 2.24) is 5.32 Å². The van der Waals surface area contributed by atoms with Gasteiger partial charge in [-0.25, -0.2) is 8.42 Å². The smallest absolute Gasteiger partial charge is 0.261 e. The first-order valence-electron chi connectivity index (χ1n) is 8.69. The summed E-state index contributed by atoms with van der Waals surface area (Å²) in [6, 6.07) is 13.2. The summed E-state index contributed by atoms with van der Waals surface area (Å²) in [5.41, 5.74) is 1.57. The average Bonchev–Trinajstić information content (AvgIpc) is 2.60. The second-order valence-corrected chi connectivity index (χ2v) is 10.8. The summed E-state index contributed by atoms with van der Waals surface area (Å²) in [6.07, 6.45) is 0. The molecule has 0 saturated carbocycles. The molecule has 27 heavy (non-hydrogen) atoms. The van der Waals surface area contributed by atoms with E-state index in [1.54, 1.807) is 55.1 Å². The zero-order valence-electron chi connectivity index (χ0n) is 16.1. The molecule has 2 aromatic rings. The van der Waals surface area contributed by atoms with Crippen LogP contribution in [0.4, 0.5) is 5.69 Å². The Kier molecular flexibility index (Phi) is 6.95. The molecule has 5 nitrogen and oxygen atoms in total. The Bertz CT molecular complexity index is 889. The molecule has 0 heterocycles. The van der Waals surface area contributed by atoms with Gasteiger partial charge in [-0.3, -0.25) is 9.52 Å². The topological polar surface area (TPSA) is 75.3 Å². The predicted octanol–water partition coefficient (Wildman–Crippen LogP) is 4.06. The first-order chi connectivity index (χ1) is 12.6. The molecule has 0 fully saturated rings. The average molecular weight is 407 g/mol. The summed E-state index contributed by atoms with van der Waals surface area (Å²) in [5, 5.41) is 2.88. The summed E-state index contributed by atoms with van der Waals surface area (Å²) in [7, 11) is -3.70. The molecule has 0 aliphatic carbocycles. The van der Waals surface area contributed by atoms with Crippen molar-refractivity contribution in [3.05, 3.63) is 59.7 Å². The Morgan fingerprint density at radius 3 is 2.37 bits per heavy atom. The van der Waals surface area contributed by atoms with Gasteiger partial charge in [-0.1, -0.05) is 45.0 Å². The number of amides is 1. The van der Waals surface area contributed by atoms with Crippen LogP contribution in [0, 0.1) is 6.92 Å². The van der Waals surface area contributed by atoms with Crippen molar-refractivity contribution in [3.8, 4) is 0 Å². The van der Waals surface area contributed by atoms with Crippen LogP contribution in [0.15, 0.2) is 53.4 Å². The monoisotopic (exact) mass is 406 g/mol. The van der Waals surface area contributed by atoms with Gasteiger partial charge < -0.3 is 5.32 Å². The minimum Gasteiger partial charge on any atom is -0.351 e. The van der Waals surface area contributed by atoms with Gasteiger partial charge in [0.05, 0.1) is 10.6 Å². The first-order valence-corrected chi connectivity index (χ1v) is 11.2. The normalized spacial score (nSPS) is 11.9. The Morgan fingerprint density at radius 1 is 1.07 bits per heavy atom. The largest absolute Gasteiger partial charge is 0.351 e. The molecule has 2 rings (SSSR count). The highest BCUT2D eigenvalue weighted by molar-refractivity contribution is 8.00. The molecular formula is C20H26N2O3S2. The molecule has 1 amide bonds. The van der Waals surface area contributed by atoms with Gasteiger partial charge in [0.15, 0.2) is 0 Å². The lowest BCUT2D eigenvalue weighted by Crippen LogP contribution is -2.27. The number of hydrogen-bond donors (Lipinski definition) is 2. The number of hydrogen-bond acceptors (Lipinski definition) is 4. The Labute approximate surface area is 166 Å². The van der Waals surface area contributed by atoms with Crippen molar-refractivity contribution in [3.63, 3.8) is 0 Å². The maximum absolute atomic E-state index is 12.5. The van der Waals surface area contributed by atoms with Gasteiger partial charge in [0.25, 0.3) is 15.9 Å². The molecule has 0 aliphatic heterocycles. The number of sulfonamides is 1. The lowest BCUT2D eigenvalue weighted by molar-refractivity contribution is 0.0956. The maximum Gasteiger partial charge on any atom is 0.261 e. The Hall–Kier alpha value is -1.99. The SMILES string of the molecule is Cc1ccc(C(=O)NCCSC(C)(C)C)cc1NS(=O)(=O)c1ccccc1. The van der Waals surface area contributed by atoms with E-state index in [-0.39, 0.29) is 15.5 Å². The fourth-order valence-corrected chi connectivity index (χ4v) is 4.26. The summed E-state index contributed by atoms with van der Waals surface area (Å²) < 4.78 is 27.8. The third-order valence-corrected chi connectivity index (χ3v) is 6.38. The van der Waals surface area contributed by atoms with Crippen LogP contribution in [-0.4, -0.2) is 31.4 Å². The Balaban J connectivity index is 2.08. The van der Waals surface area contributed by atoms with Gasteiger partial charge in [-0.05, 0) is 36.8 Å². The van der Waals surface area contributed by atoms with Crippen LogP contribution in [0.2, 0.25) is 0 Å². The number of carbonyl (C=O) groups excluding carboxylic acids is 1. The van der Waals surface area contributed by atoms with Crippen LogP contribution in [-0.2, 0) is 10.0 Å². The molecule has 0 spiro atoms. The first kappa shape index (κ1) is 21.3. The highest BCUT2D eigenvalue weighted by Crippen LogP contribution is 2.23. The second-order valence-electron chi connectivity index (χ2n) is 7.16. The minimum absolute atomic E-state index is 0.150. The van der Waals surface area contributed by atoms with Crippen LogP contribution in [0.1, 0.15) is 36.7 Å². The molecule has 0 atom stereocenters. The number of aryl methyl sites for hydroxylation is 1. The van der Waals surface area contributed by atoms with Crippen molar-refractivity contribution >= 4 is 33.4 Å². The number of thioether (sulfide) groups is 1. The van der Waals surface area contributed by atoms with Crippen molar-refractivity contribution in [1.29, 1.82) is 0 Å². The molecule has 7 heteroatoms. The molecule has 2 aromatic carbocycles. The van der Waals surface area contributed by atoms with Gasteiger partial charge >= 0.3 is 0 Å². The van der Waals surface area contributed by atoms with Crippen LogP contribution >= 0.6 is 11.8 Å². The fraction of sp³-hybridized carbons (Fsp3) is 0.350. The molecular weight excluding hydrogens is 380 g/mol. The minimum atomic E-state index is -3.70. The molecule has 2 N–H and O–H groups in total. The van der Waals surface area contributed by atoms with Gasteiger partial charge in [0.1, 0.15) is 0 Å². The molecule has 0 aliphatic rings. The van der Waals surface area contributed by atoms with E-state index in [1.807, 2.05) is 0 Å². The van der Waals surface area contributed by atoms with E-state index < -0.39 is 10.0 Å². The van der Waals surface area contributed by atoms with E-state index in [0.29, 0.717) is 17.8 Å². The Morgan fingerprint density at radius 2 is 1.74 bits per heavy atom. The number of nitrogens with one attached hydrogen (secondary N) is 2. The van der Waals surface area contributed by atoms with Crippen LogP contribution in [0.3, 0.4) is 0 Å². The number of rotatable bonds is 7. The zero-order chi connectivity index (χ0) is 20.1. The van der Waals surface area contributed by atoms with Crippen molar-refractivity contribution in [2.24, 2.45) is 0 Å². The standard InChI is InChI=1S/C20H26N2O3S2/c1-15-10-11-16(19(23)21-12-13-26-20(2,3)4)14-18(15)22-27(24,25)17-8-6-5-7-9-17/h5-11,14,22H,12-13H2,1-4H3,(H,21,23). The van der Waals surface area contributed by atoms with Crippen molar-refractivity contribution in [2.75, 3.05) is 17.0 Å². The van der Waals surface area contributed by atoms with Crippen LogP contribution in [0.25, 0.3) is 0 Å². The van der Waals surface area contributed by atoms with Crippen molar-refractivity contribution in [2.45, 2.75) is 37.3 Å². The quantitative estimate of drug-likeness (QED) is 0.680. The third kappa shape index (κ3) is 6.59.